The Labute approximate surface area is 134 Å². The zero-order valence-corrected chi connectivity index (χ0v) is 13.6. The number of hydrogen-bond donors (Lipinski definition) is 1. The third kappa shape index (κ3) is 3.34. The van der Waals surface area contributed by atoms with Crippen LogP contribution in [0, 0.1) is 5.82 Å². The monoisotopic (exact) mass is 314 g/mol. The van der Waals surface area contributed by atoms with E-state index in [9.17, 15) is 4.39 Å². The fourth-order valence-corrected chi connectivity index (χ4v) is 3.52. The van der Waals surface area contributed by atoms with Crippen molar-refractivity contribution in [2.45, 2.75) is 16.2 Å². The SMILES string of the molecule is CN(C)CCc1ccccc1Sc1c[nH]c2cc(F)ccc12. The summed E-state index contributed by atoms with van der Waals surface area (Å²) in [6, 6.07) is 13.4. The van der Waals surface area contributed by atoms with E-state index in [1.807, 2.05) is 12.3 Å². The molecule has 0 fully saturated rings. The van der Waals surface area contributed by atoms with Crippen LogP contribution in [0.2, 0.25) is 0 Å². The molecule has 0 saturated heterocycles. The molecule has 0 saturated carbocycles. The van der Waals surface area contributed by atoms with Crippen molar-refractivity contribution >= 4 is 22.7 Å². The Morgan fingerprint density at radius 3 is 2.73 bits per heavy atom. The van der Waals surface area contributed by atoms with Gasteiger partial charge >= 0.3 is 0 Å². The fourth-order valence-electron chi connectivity index (χ4n) is 2.43. The zero-order chi connectivity index (χ0) is 15.5. The molecular weight excluding hydrogens is 295 g/mol. The van der Waals surface area contributed by atoms with Gasteiger partial charge in [0.15, 0.2) is 0 Å². The van der Waals surface area contributed by atoms with Crippen LogP contribution in [0.3, 0.4) is 0 Å². The number of rotatable bonds is 5. The van der Waals surface area contributed by atoms with Gasteiger partial charge in [-0.3, -0.25) is 0 Å². The van der Waals surface area contributed by atoms with Crippen LogP contribution in [0.4, 0.5) is 4.39 Å². The van der Waals surface area contributed by atoms with Gasteiger partial charge in [-0.1, -0.05) is 30.0 Å². The fraction of sp³-hybridized carbons (Fsp3) is 0.222. The maximum absolute atomic E-state index is 13.3. The van der Waals surface area contributed by atoms with Crippen molar-refractivity contribution in [2.75, 3.05) is 20.6 Å². The third-order valence-corrected chi connectivity index (χ3v) is 4.80. The second-order valence-corrected chi connectivity index (χ2v) is 6.69. The summed E-state index contributed by atoms with van der Waals surface area (Å²) in [5, 5.41) is 1.06. The van der Waals surface area contributed by atoms with Crippen molar-refractivity contribution < 1.29 is 4.39 Å². The highest BCUT2D eigenvalue weighted by Crippen LogP contribution is 2.35. The average Bonchev–Trinajstić information content (AvgIpc) is 2.88. The number of fused-ring (bicyclic) bond motifs is 1. The lowest BCUT2D eigenvalue weighted by Crippen LogP contribution is -2.15. The zero-order valence-electron chi connectivity index (χ0n) is 12.8. The molecule has 1 aromatic heterocycles. The minimum atomic E-state index is -0.211. The smallest absolute Gasteiger partial charge is 0.125 e. The summed E-state index contributed by atoms with van der Waals surface area (Å²) in [4.78, 5) is 7.73. The number of benzene rings is 2. The molecule has 3 rings (SSSR count). The molecule has 0 spiro atoms. The van der Waals surface area contributed by atoms with E-state index in [1.54, 1.807) is 11.8 Å². The van der Waals surface area contributed by atoms with E-state index in [1.165, 1.54) is 22.6 Å². The van der Waals surface area contributed by atoms with E-state index in [2.05, 4.69) is 48.2 Å². The number of halogens is 1. The van der Waals surface area contributed by atoms with E-state index in [0.717, 1.165) is 28.8 Å². The van der Waals surface area contributed by atoms with Crippen LogP contribution in [0.15, 0.2) is 58.5 Å². The highest BCUT2D eigenvalue weighted by atomic mass is 32.2. The average molecular weight is 314 g/mol. The molecule has 3 aromatic rings. The van der Waals surface area contributed by atoms with Crippen molar-refractivity contribution in [2.24, 2.45) is 0 Å². The number of aromatic amines is 1. The van der Waals surface area contributed by atoms with E-state index in [4.69, 9.17) is 0 Å². The predicted molar refractivity (Wildman–Crippen MR) is 91.1 cm³/mol. The third-order valence-electron chi connectivity index (χ3n) is 3.63. The number of nitrogens with zero attached hydrogens (tertiary/aromatic N) is 1. The Morgan fingerprint density at radius 1 is 1.09 bits per heavy atom. The molecule has 2 nitrogen and oxygen atoms in total. The van der Waals surface area contributed by atoms with E-state index in [-0.39, 0.29) is 5.82 Å². The van der Waals surface area contributed by atoms with Crippen LogP contribution in [0.25, 0.3) is 10.9 Å². The van der Waals surface area contributed by atoms with E-state index >= 15 is 0 Å². The topological polar surface area (TPSA) is 19.0 Å². The van der Waals surface area contributed by atoms with Crippen molar-refractivity contribution in [1.82, 2.24) is 9.88 Å². The second kappa shape index (κ2) is 6.55. The van der Waals surface area contributed by atoms with Gasteiger partial charge < -0.3 is 9.88 Å². The van der Waals surface area contributed by atoms with Gasteiger partial charge in [0, 0.05) is 33.4 Å². The molecule has 1 N–H and O–H groups in total. The second-order valence-electron chi connectivity index (χ2n) is 5.61. The van der Waals surface area contributed by atoms with Gasteiger partial charge in [0.2, 0.25) is 0 Å². The maximum atomic E-state index is 13.3. The van der Waals surface area contributed by atoms with Crippen LogP contribution >= 0.6 is 11.8 Å². The summed E-state index contributed by atoms with van der Waals surface area (Å²) in [6.45, 7) is 1.02. The first kappa shape index (κ1) is 15.1. The number of aromatic nitrogens is 1. The quantitative estimate of drug-likeness (QED) is 0.744. The van der Waals surface area contributed by atoms with Gasteiger partial charge in [0.05, 0.1) is 0 Å². The number of H-pyrrole nitrogens is 1. The highest BCUT2D eigenvalue weighted by molar-refractivity contribution is 7.99. The molecule has 0 unspecified atom stereocenters. The van der Waals surface area contributed by atoms with Crippen LogP contribution in [0.5, 0.6) is 0 Å². The van der Waals surface area contributed by atoms with Crippen molar-refractivity contribution in [1.29, 1.82) is 0 Å². The van der Waals surface area contributed by atoms with Crippen molar-refractivity contribution in [3.05, 3.63) is 60.0 Å². The van der Waals surface area contributed by atoms with Crippen molar-refractivity contribution in [3.8, 4) is 0 Å². The van der Waals surface area contributed by atoms with Gasteiger partial charge in [-0.15, -0.1) is 0 Å². The predicted octanol–water partition coefficient (Wildman–Crippen LogP) is 4.56. The van der Waals surface area contributed by atoms with Gasteiger partial charge in [-0.25, -0.2) is 4.39 Å². The Morgan fingerprint density at radius 2 is 1.91 bits per heavy atom. The van der Waals surface area contributed by atoms with Crippen LogP contribution in [-0.4, -0.2) is 30.5 Å². The number of likely N-dealkylation sites (N-methyl/N-ethyl adjacent to an activating group) is 1. The first-order chi connectivity index (χ1) is 10.6. The Hall–Kier alpha value is -1.78. The largest absolute Gasteiger partial charge is 0.360 e. The van der Waals surface area contributed by atoms with Gasteiger partial charge in [0.25, 0.3) is 0 Å². The molecule has 0 amide bonds. The molecule has 1 heterocycles. The molecule has 0 aliphatic carbocycles. The molecule has 22 heavy (non-hydrogen) atoms. The molecule has 2 aromatic carbocycles. The molecule has 114 valence electrons. The molecule has 0 radical (unpaired) electrons. The Bertz CT molecular complexity index is 780. The summed E-state index contributed by atoms with van der Waals surface area (Å²) >= 11 is 1.74. The molecule has 0 aliphatic heterocycles. The normalized spacial score (nSPS) is 11.5. The first-order valence-corrected chi connectivity index (χ1v) is 8.12. The van der Waals surface area contributed by atoms with Crippen LogP contribution in [-0.2, 0) is 6.42 Å². The molecular formula is C18H19FN2S. The minimum absolute atomic E-state index is 0.211. The van der Waals surface area contributed by atoms with Crippen LogP contribution in [0.1, 0.15) is 5.56 Å². The molecule has 0 aliphatic rings. The standard InChI is InChI=1S/C18H19FN2S/c1-21(2)10-9-13-5-3-4-6-17(13)22-18-12-20-16-11-14(19)7-8-15(16)18/h3-8,11-12,20H,9-10H2,1-2H3. The summed E-state index contributed by atoms with van der Waals surface area (Å²) in [5.74, 6) is -0.211. The summed E-state index contributed by atoms with van der Waals surface area (Å²) in [6.07, 6.45) is 2.98. The minimum Gasteiger partial charge on any atom is -0.360 e. The lowest BCUT2D eigenvalue weighted by molar-refractivity contribution is 0.412. The van der Waals surface area contributed by atoms with Crippen molar-refractivity contribution in [3.63, 3.8) is 0 Å². The van der Waals surface area contributed by atoms with Crippen LogP contribution < -0.4 is 0 Å². The number of hydrogen-bond acceptors (Lipinski definition) is 2. The van der Waals surface area contributed by atoms with Gasteiger partial charge in [-0.2, -0.15) is 0 Å². The number of nitrogens with one attached hydrogen (secondary N) is 1. The first-order valence-electron chi connectivity index (χ1n) is 7.30. The summed E-state index contributed by atoms with van der Waals surface area (Å²) in [7, 11) is 4.17. The molecule has 0 atom stereocenters. The lowest BCUT2D eigenvalue weighted by atomic mass is 10.1. The molecule has 4 heteroatoms. The Kier molecular flexibility index (Phi) is 4.50. The Balaban J connectivity index is 1.88. The van der Waals surface area contributed by atoms with Gasteiger partial charge in [-0.05, 0) is 50.3 Å². The van der Waals surface area contributed by atoms with E-state index in [0.29, 0.717) is 0 Å². The summed E-state index contributed by atoms with van der Waals surface area (Å²) < 4.78 is 13.3. The maximum Gasteiger partial charge on any atom is 0.125 e. The summed E-state index contributed by atoms with van der Waals surface area (Å²) in [5.41, 5.74) is 2.19. The lowest BCUT2D eigenvalue weighted by Gasteiger charge is -2.12. The molecule has 0 bridgehead atoms. The van der Waals surface area contributed by atoms with E-state index < -0.39 is 0 Å². The van der Waals surface area contributed by atoms with Gasteiger partial charge in [0.1, 0.15) is 5.82 Å². The highest BCUT2D eigenvalue weighted by Gasteiger charge is 2.09.